The summed E-state index contributed by atoms with van der Waals surface area (Å²) in [6.07, 6.45) is 3.30. The minimum absolute atomic E-state index is 0.0491. The molecule has 108 valence electrons. The van der Waals surface area contributed by atoms with Crippen LogP contribution < -0.4 is 15.8 Å². The first-order valence-corrected chi connectivity index (χ1v) is 6.87. The van der Waals surface area contributed by atoms with Gasteiger partial charge >= 0.3 is 0 Å². The Balaban J connectivity index is 1.89. The topological polar surface area (TPSA) is 90.1 Å². The van der Waals surface area contributed by atoms with Gasteiger partial charge in [0.2, 0.25) is 11.8 Å². The molecule has 21 heavy (non-hydrogen) atoms. The van der Waals surface area contributed by atoms with Gasteiger partial charge in [-0.2, -0.15) is 0 Å². The molecule has 1 aliphatic heterocycles. The van der Waals surface area contributed by atoms with Crippen LogP contribution in [0.15, 0.2) is 24.5 Å². The van der Waals surface area contributed by atoms with Crippen molar-refractivity contribution in [3.8, 4) is 11.6 Å². The van der Waals surface area contributed by atoms with Crippen molar-refractivity contribution in [3.63, 3.8) is 0 Å². The minimum Gasteiger partial charge on any atom is -0.439 e. The molecule has 0 atom stereocenters. The Bertz CT molecular complexity index is 700. The molecule has 0 radical (unpaired) electrons. The summed E-state index contributed by atoms with van der Waals surface area (Å²) < 4.78 is 5.83. The SMILES string of the molecule is CCc1c(N)ncnc1Oc1ccc2c(c1)CCC(=O)N2. The van der Waals surface area contributed by atoms with Crippen molar-refractivity contribution in [2.45, 2.75) is 26.2 Å². The number of nitrogen functional groups attached to an aromatic ring is 1. The number of aromatic nitrogens is 2. The van der Waals surface area contributed by atoms with E-state index in [2.05, 4.69) is 15.3 Å². The second kappa shape index (κ2) is 5.40. The van der Waals surface area contributed by atoms with E-state index in [1.54, 1.807) is 0 Å². The highest BCUT2D eigenvalue weighted by molar-refractivity contribution is 5.94. The predicted molar refractivity (Wildman–Crippen MR) is 79.3 cm³/mol. The van der Waals surface area contributed by atoms with Crippen LogP contribution in [0.25, 0.3) is 0 Å². The van der Waals surface area contributed by atoms with Crippen LogP contribution in [0.2, 0.25) is 0 Å². The molecule has 1 amide bonds. The lowest BCUT2D eigenvalue weighted by Crippen LogP contribution is -2.18. The van der Waals surface area contributed by atoms with E-state index in [1.165, 1.54) is 6.33 Å². The first-order valence-electron chi connectivity index (χ1n) is 6.87. The molecule has 0 spiro atoms. The average molecular weight is 284 g/mol. The summed E-state index contributed by atoms with van der Waals surface area (Å²) in [6.45, 7) is 1.98. The maximum atomic E-state index is 11.3. The highest BCUT2D eigenvalue weighted by Crippen LogP contribution is 2.31. The molecule has 6 nitrogen and oxygen atoms in total. The summed E-state index contributed by atoms with van der Waals surface area (Å²) in [5.41, 5.74) is 8.53. The van der Waals surface area contributed by atoms with E-state index in [9.17, 15) is 4.79 Å². The van der Waals surface area contributed by atoms with E-state index >= 15 is 0 Å². The number of rotatable bonds is 3. The second-order valence-electron chi connectivity index (χ2n) is 4.87. The quantitative estimate of drug-likeness (QED) is 0.902. The van der Waals surface area contributed by atoms with E-state index in [1.807, 2.05) is 25.1 Å². The second-order valence-corrected chi connectivity index (χ2v) is 4.87. The molecule has 2 heterocycles. The molecule has 3 rings (SSSR count). The van der Waals surface area contributed by atoms with Crippen molar-refractivity contribution in [1.29, 1.82) is 0 Å². The third-order valence-electron chi connectivity index (χ3n) is 3.48. The fourth-order valence-electron chi connectivity index (χ4n) is 2.36. The first-order chi connectivity index (χ1) is 10.2. The van der Waals surface area contributed by atoms with Gasteiger partial charge in [-0.3, -0.25) is 4.79 Å². The smallest absolute Gasteiger partial charge is 0.227 e. The van der Waals surface area contributed by atoms with Gasteiger partial charge in [-0.15, -0.1) is 0 Å². The molecule has 0 saturated heterocycles. The number of aryl methyl sites for hydroxylation is 1. The van der Waals surface area contributed by atoms with Crippen molar-refractivity contribution in [3.05, 3.63) is 35.7 Å². The summed E-state index contributed by atoms with van der Waals surface area (Å²) in [6, 6.07) is 5.58. The summed E-state index contributed by atoms with van der Waals surface area (Å²) in [4.78, 5) is 19.5. The molecular weight excluding hydrogens is 268 g/mol. The summed E-state index contributed by atoms with van der Waals surface area (Å²) in [5, 5.41) is 2.84. The predicted octanol–water partition coefficient (Wildman–Crippen LogP) is 2.30. The molecule has 0 saturated carbocycles. The Morgan fingerprint density at radius 1 is 1.33 bits per heavy atom. The fourth-order valence-corrected chi connectivity index (χ4v) is 2.36. The molecule has 0 fully saturated rings. The van der Waals surface area contributed by atoms with Gasteiger partial charge in [0.05, 0.1) is 5.56 Å². The monoisotopic (exact) mass is 284 g/mol. The molecule has 6 heteroatoms. The van der Waals surface area contributed by atoms with Gasteiger partial charge in [-0.25, -0.2) is 9.97 Å². The van der Waals surface area contributed by atoms with E-state index < -0.39 is 0 Å². The standard InChI is InChI=1S/C15H16N4O2/c1-2-11-14(16)17-8-18-15(11)21-10-4-5-12-9(7-10)3-6-13(20)19-12/h4-5,7-8H,2-3,6H2,1H3,(H,19,20)(H2,16,17,18). The third kappa shape index (κ3) is 2.65. The average Bonchev–Trinajstić information content (AvgIpc) is 2.48. The zero-order chi connectivity index (χ0) is 14.8. The van der Waals surface area contributed by atoms with Crippen molar-refractivity contribution >= 4 is 17.4 Å². The first kappa shape index (κ1) is 13.4. The van der Waals surface area contributed by atoms with Gasteiger partial charge < -0.3 is 15.8 Å². The molecule has 3 N–H and O–H groups in total. The van der Waals surface area contributed by atoms with Crippen molar-refractivity contribution in [2.75, 3.05) is 11.1 Å². The van der Waals surface area contributed by atoms with Crippen molar-refractivity contribution in [2.24, 2.45) is 0 Å². The van der Waals surface area contributed by atoms with Crippen LogP contribution in [0.5, 0.6) is 11.6 Å². The maximum absolute atomic E-state index is 11.3. The Hall–Kier alpha value is -2.63. The third-order valence-corrected chi connectivity index (χ3v) is 3.48. The molecule has 0 unspecified atom stereocenters. The highest BCUT2D eigenvalue weighted by atomic mass is 16.5. The molecule has 0 aliphatic carbocycles. The van der Waals surface area contributed by atoms with Crippen LogP contribution in [0.4, 0.5) is 11.5 Å². The number of nitrogens with two attached hydrogens (primary N) is 1. The van der Waals surface area contributed by atoms with Gasteiger partial charge in [-0.1, -0.05) is 6.92 Å². The highest BCUT2D eigenvalue weighted by Gasteiger charge is 2.16. The molecule has 0 bridgehead atoms. The van der Waals surface area contributed by atoms with Crippen LogP contribution in [0.3, 0.4) is 0 Å². The van der Waals surface area contributed by atoms with Crippen LogP contribution in [-0.2, 0) is 17.6 Å². The minimum atomic E-state index is 0.0491. The maximum Gasteiger partial charge on any atom is 0.227 e. The summed E-state index contributed by atoms with van der Waals surface area (Å²) >= 11 is 0. The number of nitrogens with zero attached hydrogens (tertiary/aromatic N) is 2. The number of fused-ring (bicyclic) bond motifs is 1. The Kier molecular flexibility index (Phi) is 3.43. The number of anilines is 2. The van der Waals surface area contributed by atoms with E-state index in [0.717, 1.165) is 16.8 Å². The van der Waals surface area contributed by atoms with Gasteiger partial charge in [0.15, 0.2) is 0 Å². The van der Waals surface area contributed by atoms with Crippen molar-refractivity contribution in [1.82, 2.24) is 9.97 Å². The number of ether oxygens (including phenoxy) is 1. The zero-order valence-corrected chi connectivity index (χ0v) is 11.7. The van der Waals surface area contributed by atoms with Crippen LogP contribution in [0.1, 0.15) is 24.5 Å². The van der Waals surface area contributed by atoms with E-state index in [-0.39, 0.29) is 5.91 Å². The fraction of sp³-hybridized carbons (Fsp3) is 0.267. The summed E-state index contributed by atoms with van der Waals surface area (Å²) in [7, 11) is 0. The molecular formula is C15H16N4O2. The Labute approximate surface area is 122 Å². The normalized spacial score (nSPS) is 13.5. The number of carbonyl (C=O) groups excluding carboxylic acids is 1. The van der Waals surface area contributed by atoms with Crippen molar-refractivity contribution < 1.29 is 9.53 Å². The molecule has 1 aromatic carbocycles. The lowest BCUT2D eigenvalue weighted by molar-refractivity contribution is -0.116. The number of amides is 1. The van der Waals surface area contributed by atoms with Gasteiger partial charge in [0, 0.05) is 12.1 Å². The van der Waals surface area contributed by atoms with Gasteiger partial charge in [-0.05, 0) is 36.6 Å². The number of hydrogen-bond donors (Lipinski definition) is 2. The van der Waals surface area contributed by atoms with Gasteiger partial charge in [0.1, 0.15) is 17.9 Å². The Morgan fingerprint density at radius 3 is 3.00 bits per heavy atom. The lowest BCUT2D eigenvalue weighted by Gasteiger charge is -2.18. The van der Waals surface area contributed by atoms with Crippen LogP contribution in [0, 0.1) is 0 Å². The van der Waals surface area contributed by atoms with Crippen LogP contribution in [-0.4, -0.2) is 15.9 Å². The van der Waals surface area contributed by atoms with Gasteiger partial charge in [0.25, 0.3) is 0 Å². The van der Waals surface area contributed by atoms with E-state index in [0.29, 0.717) is 36.7 Å². The number of hydrogen-bond acceptors (Lipinski definition) is 5. The Morgan fingerprint density at radius 2 is 2.19 bits per heavy atom. The number of benzene rings is 1. The molecule has 2 aromatic rings. The number of carbonyl (C=O) groups is 1. The lowest BCUT2D eigenvalue weighted by atomic mass is 10.0. The van der Waals surface area contributed by atoms with E-state index in [4.69, 9.17) is 10.5 Å². The largest absolute Gasteiger partial charge is 0.439 e. The van der Waals surface area contributed by atoms with Crippen LogP contribution >= 0.6 is 0 Å². The summed E-state index contributed by atoms with van der Waals surface area (Å²) in [5.74, 6) is 1.64. The molecule has 1 aromatic heterocycles. The zero-order valence-electron chi connectivity index (χ0n) is 11.7. The molecule has 1 aliphatic rings. The number of nitrogens with one attached hydrogen (secondary N) is 1.